The Morgan fingerprint density at radius 3 is 2.85 bits per heavy atom. The molecule has 7 nitrogen and oxygen atoms in total. The zero-order valence-electron chi connectivity index (χ0n) is 15.5. The Labute approximate surface area is 162 Å². The van der Waals surface area contributed by atoms with Crippen molar-refractivity contribution in [1.29, 1.82) is 0 Å². The van der Waals surface area contributed by atoms with Gasteiger partial charge in [-0.1, -0.05) is 12.1 Å². The number of ether oxygens (including phenoxy) is 1. The molecule has 4 rings (SSSR count). The summed E-state index contributed by atoms with van der Waals surface area (Å²) < 4.78 is 7.39. The Morgan fingerprint density at radius 2 is 2.07 bits per heavy atom. The molecule has 0 radical (unpaired) electrons. The van der Waals surface area contributed by atoms with Crippen molar-refractivity contribution in [2.75, 3.05) is 25.5 Å². The number of carbonyl (C=O) groups is 1. The number of hydrogen-bond donors (Lipinski definition) is 1. The van der Waals surface area contributed by atoms with E-state index in [4.69, 9.17) is 4.74 Å². The molecule has 1 aliphatic rings. The second kappa shape index (κ2) is 7.66. The number of anilines is 1. The van der Waals surface area contributed by atoms with Crippen LogP contribution >= 0.6 is 11.3 Å². The summed E-state index contributed by atoms with van der Waals surface area (Å²) >= 11 is 1.42. The lowest BCUT2D eigenvalue weighted by Crippen LogP contribution is -2.41. The van der Waals surface area contributed by atoms with Gasteiger partial charge in [0, 0.05) is 31.6 Å². The predicted molar refractivity (Wildman–Crippen MR) is 106 cm³/mol. The van der Waals surface area contributed by atoms with E-state index in [9.17, 15) is 4.79 Å². The number of nitrogens with zero attached hydrogens (tertiary/aromatic N) is 4. The molecule has 27 heavy (non-hydrogen) atoms. The van der Waals surface area contributed by atoms with Crippen molar-refractivity contribution in [2.24, 2.45) is 0 Å². The van der Waals surface area contributed by atoms with Gasteiger partial charge in [0.05, 0.1) is 23.3 Å². The second-order valence-electron chi connectivity index (χ2n) is 6.74. The summed E-state index contributed by atoms with van der Waals surface area (Å²) in [4.78, 5) is 23.4. The number of hydrogen-bond acceptors (Lipinski definition) is 5. The highest BCUT2D eigenvalue weighted by atomic mass is 32.1. The summed E-state index contributed by atoms with van der Waals surface area (Å²) in [6.45, 7) is 3.95. The maximum Gasteiger partial charge on any atom is 0.323 e. The third kappa shape index (κ3) is 3.68. The molecule has 8 heteroatoms. The van der Waals surface area contributed by atoms with Crippen molar-refractivity contribution < 1.29 is 9.53 Å². The molecule has 0 bridgehead atoms. The first-order valence-electron chi connectivity index (χ1n) is 9.08. The second-order valence-corrected chi connectivity index (χ2v) is 7.60. The highest BCUT2D eigenvalue weighted by Crippen LogP contribution is 2.29. The monoisotopic (exact) mass is 385 g/mol. The number of amides is 2. The number of carbonyl (C=O) groups excluding carboxylic acids is 1. The summed E-state index contributed by atoms with van der Waals surface area (Å²) in [5.41, 5.74) is 3.04. The molecule has 0 unspecified atom stereocenters. The average Bonchev–Trinajstić information content (AvgIpc) is 3.25. The Hall–Kier alpha value is -2.45. The summed E-state index contributed by atoms with van der Waals surface area (Å²) in [5, 5.41) is 5.42. The van der Waals surface area contributed by atoms with Gasteiger partial charge in [0.25, 0.3) is 0 Å². The summed E-state index contributed by atoms with van der Waals surface area (Å²) in [5.74, 6) is 1.03. The fourth-order valence-electron chi connectivity index (χ4n) is 3.70. The Bertz CT molecular complexity index is 943. The van der Waals surface area contributed by atoms with Crippen LogP contribution in [0.1, 0.15) is 30.4 Å². The quantitative estimate of drug-likeness (QED) is 0.741. The smallest absolute Gasteiger partial charge is 0.323 e. The van der Waals surface area contributed by atoms with Gasteiger partial charge in [-0.05, 0) is 31.9 Å². The number of aryl methyl sites for hydroxylation is 1. The van der Waals surface area contributed by atoms with Gasteiger partial charge in [0.1, 0.15) is 5.82 Å². The van der Waals surface area contributed by atoms with Crippen LogP contribution in [-0.2, 0) is 11.3 Å². The van der Waals surface area contributed by atoms with Crippen LogP contribution in [0.25, 0.3) is 11.0 Å². The van der Waals surface area contributed by atoms with Crippen LogP contribution in [-0.4, -0.2) is 45.7 Å². The Kier molecular flexibility index (Phi) is 5.09. The van der Waals surface area contributed by atoms with Gasteiger partial charge in [-0.25, -0.2) is 14.8 Å². The van der Waals surface area contributed by atoms with Crippen LogP contribution in [0.2, 0.25) is 0 Å². The number of urea groups is 1. The molecule has 0 atom stereocenters. The summed E-state index contributed by atoms with van der Waals surface area (Å²) in [7, 11) is 1.63. The largest absolute Gasteiger partial charge is 0.378 e. The lowest BCUT2D eigenvalue weighted by molar-refractivity contribution is 0.181. The van der Waals surface area contributed by atoms with E-state index in [1.165, 1.54) is 16.9 Å². The number of nitrogens with one attached hydrogen (secondary N) is 1. The topological polar surface area (TPSA) is 72.3 Å². The molecule has 1 aliphatic heterocycles. The summed E-state index contributed by atoms with van der Waals surface area (Å²) in [6, 6.07) is 8.52. The molecule has 1 fully saturated rings. The Balaban J connectivity index is 1.39. The van der Waals surface area contributed by atoms with Crippen molar-refractivity contribution >= 4 is 33.5 Å². The van der Waals surface area contributed by atoms with Crippen LogP contribution in [0, 0.1) is 6.92 Å². The van der Waals surface area contributed by atoms with Gasteiger partial charge < -0.3 is 14.2 Å². The molecule has 3 aromatic rings. The number of benzene rings is 1. The van der Waals surface area contributed by atoms with Gasteiger partial charge in [-0.15, -0.1) is 11.3 Å². The standard InChI is InChI=1S/C19H23N5O2S/c1-13-20-16-5-3-4-6-17(16)24(13)15-7-9-23(10-8-15)19(25)22-18-21-14(11-26-2)12-27-18/h3-6,12,15H,7-11H2,1-2H3,(H,21,22,25). The minimum atomic E-state index is -0.0843. The first-order chi connectivity index (χ1) is 13.2. The van der Waals surface area contributed by atoms with Gasteiger partial charge >= 0.3 is 6.03 Å². The SMILES string of the molecule is COCc1csc(NC(=O)N2CCC(n3c(C)nc4ccccc43)CC2)n1. The molecule has 1 saturated heterocycles. The van der Waals surface area contributed by atoms with Crippen LogP contribution < -0.4 is 5.32 Å². The third-order valence-electron chi connectivity index (χ3n) is 4.95. The number of methoxy groups -OCH3 is 1. The molecule has 1 N–H and O–H groups in total. The molecule has 2 aromatic heterocycles. The first-order valence-corrected chi connectivity index (χ1v) is 9.96. The molecular formula is C19H23N5O2S. The van der Waals surface area contributed by atoms with Crippen LogP contribution in [0.15, 0.2) is 29.6 Å². The molecular weight excluding hydrogens is 362 g/mol. The first kappa shape index (κ1) is 17.9. The van der Waals surface area contributed by atoms with E-state index in [0.29, 0.717) is 17.8 Å². The minimum Gasteiger partial charge on any atom is -0.378 e. The molecule has 3 heterocycles. The van der Waals surface area contributed by atoms with E-state index in [2.05, 4.69) is 32.8 Å². The highest BCUT2D eigenvalue weighted by molar-refractivity contribution is 7.13. The lowest BCUT2D eigenvalue weighted by Gasteiger charge is -2.33. The van der Waals surface area contributed by atoms with Crippen molar-refractivity contribution in [3.05, 3.63) is 41.2 Å². The van der Waals surface area contributed by atoms with Crippen molar-refractivity contribution in [3.63, 3.8) is 0 Å². The van der Waals surface area contributed by atoms with E-state index in [1.807, 2.05) is 28.5 Å². The maximum absolute atomic E-state index is 12.5. The molecule has 0 aliphatic carbocycles. The number of fused-ring (bicyclic) bond motifs is 1. The third-order valence-corrected chi connectivity index (χ3v) is 5.75. The van der Waals surface area contributed by atoms with Gasteiger partial charge in [-0.3, -0.25) is 5.32 Å². The van der Waals surface area contributed by atoms with Gasteiger partial charge in [-0.2, -0.15) is 0 Å². The number of para-hydroxylation sites is 2. The average molecular weight is 385 g/mol. The molecule has 1 aromatic carbocycles. The lowest BCUT2D eigenvalue weighted by atomic mass is 10.0. The normalized spacial score (nSPS) is 15.4. The van der Waals surface area contributed by atoms with Crippen LogP contribution in [0.4, 0.5) is 9.93 Å². The summed E-state index contributed by atoms with van der Waals surface area (Å²) in [6.07, 6.45) is 1.84. The number of thiazole rings is 1. The highest BCUT2D eigenvalue weighted by Gasteiger charge is 2.26. The number of piperidine rings is 1. The van der Waals surface area contributed by atoms with Crippen LogP contribution in [0.5, 0.6) is 0 Å². The van der Waals surface area contributed by atoms with Crippen molar-refractivity contribution in [2.45, 2.75) is 32.4 Å². The van der Waals surface area contributed by atoms with Crippen LogP contribution in [0.3, 0.4) is 0 Å². The van der Waals surface area contributed by atoms with E-state index in [1.54, 1.807) is 7.11 Å². The minimum absolute atomic E-state index is 0.0843. The zero-order chi connectivity index (χ0) is 18.8. The van der Waals surface area contributed by atoms with E-state index >= 15 is 0 Å². The van der Waals surface area contributed by atoms with E-state index in [-0.39, 0.29) is 6.03 Å². The molecule has 2 amide bonds. The van der Waals surface area contributed by atoms with Gasteiger partial charge in [0.2, 0.25) is 0 Å². The molecule has 0 spiro atoms. The molecule has 0 saturated carbocycles. The predicted octanol–water partition coefficient (Wildman–Crippen LogP) is 3.82. The number of aromatic nitrogens is 3. The number of likely N-dealkylation sites (tertiary alicyclic amines) is 1. The zero-order valence-corrected chi connectivity index (χ0v) is 16.3. The van der Waals surface area contributed by atoms with E-state index in [0.717, 1.165) is 43.0 Å². The van der Waals surface area contributed by atoms with Crippen molar-refractivity contribution in [1.82, 2.24) is 19.4 Å². The fourth-order valence-corrected chi connectivity index (χ4v) is 4.39. The van der Waals surface area contributed by atoms with Gasteiger partial charge in [0.15, 0.2) is 5.13 Å². The Morgan fingerprint density at radius 1 is 1.30 bits per heavy atom. The fraction of sp³-hybridized carbons (Fsp3) is 0.421. The van der Waals surface area contributed by atoms with Crippen molar-refractivity contribution in [3.8, 4) is 0 Å². The maximum atomic E-state index is 12.5. The number of imidazole rings is 1. The number of rotatable bonds is 4. The van der Waals surface area contributed by atoms with E-state index < -0.39 is 0 Å². The molecule has 142 valence electrons.